The summed E-state index contributed by atoms with van der Waals surface area (Å²) in [6, 6.07) is 11.2. The number of ether oxygens (including phenoxy) is 1. The van der Waals surface area contributed by atoms with E-state index in [0.717, 1.165) is 44.3 Å². The van der Waals surface area contributed by atoms with Gasteiger partial charge in [0.15, 0.2) is 6.61 Å². The molecule has 2 fully saturated rings. The van der Waals surface area contributed by atoms with Crippen molar-refractivity contribution in [3.63, 3.8) is 0 Å². The molecule has 0 saturated carbocycles. The minimum Gasteiger partial charge on any atom is -0.484 e. The van der Waals surface area contributed by atoms with Gasteiger partial charge in [-0.2, -0.15) is 5.10 Å². The molecule has 0 spiro atoms. The van der Waals surface area contributed by atoms with E-state index in [4.69, 9.17) is 16.3 Å². The lowest BCUT2D eigenvalue weighted by molar-refractivity contribution is -0.134. The second-order valence-electron chi connectivity index (χ2n) is 8.75. The maximum Gasteiger partial charge on any atom is 0.260 e. The first-order valence-electron chi connectivity index (χ1n) is 11.5. The third-order valence-corrected chi connectivity index (χ3v) is 6.92. The Labute approximate surface area is 197 Å². The lowest BCUT2D eigenvalue weighted by Crippen LogP contribution is -2.40. The van der Waals surface area contributed by atoms with Crippen LogP contribution in [0.5, 0.6) is 5.75 Å². The number of hydrogen-bond acceptors (Lipinski definition) is 4. The Morgan fingerprint density at radius 1 is 1.00 bits per heavy atom. The summed E-state index contributed by atoms with van der Waals surface area (Å²) in [4.78, 5) is 29.3. The monoisotopic (exact) mass is 466 g/mol. The number of aromatic nitrogens is 2. The highest BCUT2D eigenvalue weighted by Gasteiger charge is 2.26. The molecule has 0 bridgehead atoms. The van der Waals surface area contributed by atoms with Crippen molar-refractivity contribution >= 4 is 28.9 Å². The molecule has 0 unspecified atom stereocenters. The Kier molecular flexibility index (Phi) is 6.22. The van der Waals surface area contributed by atoms with E-state index in [1.165, 1.54) is 5.56 Å². The third kappa shape index (κ3) is 4.69. The zero-order valence-electron chi connectivity index (χ0n) is 18.5. The van der Waals surface area contributed by atoms with E-state index in [9.17, 15) is 9.59 Å². The van der Waals surface area contributed by atoms with Gasteiger partial charge in [-0.15, -0.1) is 0 Å². The van der Waals surface area contributed by atoms with Gasteiger partial charge >= 0.3 is 0 Å². The van der Waals surface area contributed by atoms with Crippen LogP contribution in [0.15, 0.2) is 48.8 Å². The standard InChI is InChI=1S/C25H27ClN4O3/c26-20-3-5-21(6-4-20)33-17-24(31)28-12-7-18(8-13-28)19-9-14-30-23(15-19)22(16-27-30)25(32)29-10-1-2-11-29/h3-6,9,14-16,18H,1-2,7-8,10-13,17H2. The number of halogens is 1. The van der Waals surface area contributed by atoms with Crippen LogP contribution in [0.3, 0.4) is 0 Å². The number of likely N-dealkylation sites (tertiary alicyclic amines) is 2. The molecule has 7 nitrogen and oxygen atoms in total. The fourth-order valence-corrected chi connectivity index (χ4v) is 4.86. The number of pyridine rings is 1. The Morgan fingerprint density at radius 3 is 2.45 bits per heavy atom. The maximum absolute atomic E-state index is 12.9. The van der Waals surface area contributed by atoms with Crippen molar-refractivity contribution in [1.82, 2.24) is 19.4 Å². The summed E-state index contributed by atoms with van der Waals surface area (Å²) in [5.41, 5.74) is 2.73. The minimum atomic E-state index is -0.00635. The molecule has 3 aromatic rings. The number of hydrogen-bond donors (Lipinski definition) is 0. The van der Waals surface area contributed by atoms with Crippen molar-refractivity contribution in [3.8, 4) is 5.75 Å². The second-order valence-corrected chi connectivity index (χ2v) is 9.18. The second kappa shape index (κ2) is 9.43. The molecule has 0 aliphatic carbocycles. The van der Waals surface area contributed by atoms with E-state index in [1.54, 1.807) is 35.0 Å². The first-order chi connectivity index (χ1) is 16.1. The molecule has 0 N–H and O–H groups in total. The Morgan fingerprint density at radius 2 is 1.73 bits per heavy atom. The summed E-state index contributed by atoms with van der Waals surface area (Å²) in [7, 11) is 0. The number of benzene rings is 1. The number of piperidine rings is 1. The summed E-state index contributed by atoms with van der Waals surface area (Å²) in [6.45, 7) is 3.05. The van der Waals surface area contributed by atoms with Crippen molar-refractivity contribution in [3.05, 3.63) is 64.9 Å². The Hall–Kier alpha value is -3.06. The highest BCUT2D eigenvalue weighted by Crippen LogP contribution is 2.30. The molecule has 33 heavy (non-hydrogen) atoms. The number of carbonyl (C=O) groups excluding carboxylic acids is 2. The van der Waals surface area contributed by atoms with Crippen LogP contribution in [0.2, 0.25) is 5.02 Å². The van der Waals surface area contributed by atoms with Crippen LogP contribution < -0.4 is 4.74 Å². The van der Waals surface area contributed by atoms with Gasteiger partial charge in [0.1, 0.15) is 5.75 Å². The summed E-state index contributed by atoms with van der Waals surface area (Å²) in [6.07, 6.45) is 7.51. The molecular formula is C25H27ClN4O3. The van der Waals surface area contributed by atoms with E-state index >= 15 is 0 Å². The van der Waals surface area contributed by atoms with Crippen molar-refractivity contribution < 1.29 is 14.3 Å². The number of amides is 2. The van der Waals surface area contributed by atoms with Crippen molar-refractivity contribution in [2.75, 3.05) is 32.8 Å². The van der Waals surface area contributed by atoms with Crippen LogP contribution >= 0.6 is 11.6 Å². The first kappa shape index (κ1) is 21.8. The van der Waals surface area contributed by atoms with Crippen LogP contribution in [-0.4, -0.2) is 64.0 Å². The van der Waals surface area contributed by atoms with E-state index < -0.39 is 0 Å². The van der Waals surface area contributed by atoms with Gasteiger partial charge in [-0.3, -0.25) is 9.59 Å². The van der Waals surface area contributed by atoms with Crippen LogP contribution in [0.25, 0.3) is 5.52 Å². The molecule has 8 heteroatoms. The number of rotatable bonds is 5. The van der Waals surface area contributed by atoms with Gasteiger partial charge in [-0.1, -0.05) is 11.6 Å². The average molecular weight is 467 g/mol. The zero-order valence-corrected chi connectivity index (χ0v) is 19.2. The van der Waals surface area contributed by atoms with Gasteiger partial charge in [-0.25, -0.2) is 4.52 Å². The molecule has 2 amide bonds. The highest BCUT2D eigenvalue weighted by atomic mass is 35.5. The van der Waals surface area contributed by atoms with Crippen LogP contribution in [0.4, 0.5) is 0 Å². The van der Waals surface area contributed by atoms with Gasteiger partial charge in [0.05, 0.1) is 17.3 Å². The van der Waals surface area contributed by atoms with E-state index in [1.807, 2.05) is 16.0 Å². The average Bonchev–Trinajstić information content (AvgIpc) is 3.53. The largest absolute Gasteiger partial charge is 0.484 e. The molecule has 1 aromatic carbocycles. The Balaban J connectivity index is 1.21. The van der Waals surface area contributed by atoms with Gasteiger partial charge in [0, 0.05) is 37.4 Å². The fraction of sp³-hybridized carbons (Fsp3) is 0.400. The summed E-state index contributed by atoms with van der Waals surface area (Å²) < 4.78 is 7.39. The van der Waals surface area contributed by atoms with E-state index in [-0.39, 0.29) is 18.4 Å². The minimum absolute atomic E-state index is 0.00635. The molecule has 172 valence electrons. The Bertz CT molecular complexity index is 1150. The quantitative estimate of drug-likeness (QED) is 0.569. The fourth-order valence-electron chi connectivity index (χ4n) is 4.74. The smallest absolute Gasteiger partial charge is 0.260 e. The molecule has 4 heterocycles. The van der Waals surface area contributed by atoms with Crippen LogP contribution in [0, 0.1) is 0 Å². The predicted molar refractivity (Wildman–Crippen MR) is 126 cm³/mol. The number of nitrogens with zero attached hydrogens (tertiary/aromatic N) is 4. The van der Waals surface area contributed by atoms with Crippen molar-refractivity contribution in [2.24, 2.45) is 0 Å². The molecule has 0 radical (unpaired) electrons. The van der Waals surface area contributed by atoms with Crippen molar-refractivity contribution in [2.45, 2.75) is 31.6 Å². The van der Waals surface area contributed by atoms with Gasteiger partial charge in [0.25, 0.3) is 11.8 Å². The van der Waals surface area contributed by atoms with Gasteiger partial charge in [0.2, 0.25) is 0 Å². The topological polar surface area (TPSA) is 67.2 Å². The molecule has 5 rings (SSSR count). The summed E-state index contributed by atoms with van der Waals surface area (Å²) >= 11 is 5.89. The normalized spacial score (nSPS) is 17.0. The predicted octanol–water partition coefficient (Wildman–Crippen LogP) is 4.01. The maximum atomic E-state index is 12.9. The SMILES string of the molecule is O=C(COc1ccc(Cl)cc1)N1CCC(c2ccn3ncc(C(=O)N4CCCC4)c3c2)CC1. The number of carbonyl (C=O) groups is 2. The molecular weight excluding hydrogens is 440 g/mol. The molecule has 2 aromatic heterocycles. The third-order valence-electron chi connectivity index (χ3n) is 6.66. The first-order valence-corrected chi connectivity index (χ1v) is 11.9. The van der Waals surface area contributed by atoms with E-state index in [2.05, 4.69) is 17.2 Å². The molecule has 2 aliphatic rings. The molecule has 0 atom stereocenters. The van der Waals surface area contributed by atoms with Gasteiger partial charge < -0.3 is 14.5 Å². The highest BCUT2D eigenvalue weighted by molar-refractivity contribution is 6.30. The van der Waals surface area contributed by atoms with Crippen LogP contribution in [0.1, 0.15) is 47.5 Å². The lowest BCUT2D eigenvalue weighted by atomic mass is 9.89. The van der Waals surface area contributed by atoms with Gasteiger partial charge in [-0.05, 0) is 73.6 Å². The summed E-state index contributed by atoms with van der Waals surface area (Å²) in [5, 5.41) is 5.01. The lowest BCUT2D eigenvalue weighted by Gasteiger charge is -2.32. The van der Waals surface area contributed by atoms with Crippen molar-refractivity contribution in [1.29, 1.82) is 0 Å². The summed E-state index contributed by atoms with van der Waals surface area (Å²) in [5.74, 6) is 1.05. The van der Waals surface area contributed by atoms with Crippen LogP contribution in [-0.2, 0) is 4.79 Å². The van der Waals surface area contributed by atoms with E-state index in [0.29, 0.717) is 35.3 Å². The number of fused-ring (bicyclic) bond motifs is 1. The zero-order chi connectivity index (χ0) is 22.8. The molecule has 2 aliphatic heterocycles. The molecule has 2 saturated heterocycles.